The molecule has 1 saturated heterocycles. The summed E-state index contributed by atoms with van der Waals surface area (Å²) in [5.41, 5.74) is 2.48. The molecule has 0 bridgehead atoms. The third-order valence-electron chi connectivity index (χ3n) is 4.46. The van der Waals surface area contributed by atoms with Crippen LogP contribution < -0.4 is 15.5 Å². The largest absolute Gasteiger partial charge is 0.396 e. The van der Waals surface area contributed by atoms with Gasteiger partial charge in [0, 0.05) is 37.5 Å². The van der Waals surface area contributed by atoms with Gasteiger partial charge >= 0.3 is 6.03 Å². The summed E-state index contributed by atoms with van der Waals surface area (Å²) in [6.45, 7) is 6.08. The Balaban J connectivity index is 1.86. The number of amides is 2. The van der Waals surface area contributed by atoms with Gasteiger partial charge in [-0.05, 0) is 44.7 Å². The Morgan fingerprint density at radius 3 is 2.78 bits per heavy atom. The maximum atomic E-state index is 12.1. The molecule has 5 heteroatoms. The van der Waals surface area contributed by atoms with Gasteiger partial charge < -0.3 is 20.6 Å². The maximum absolute atomic E-state index is 12.1. The second kappa shape index (κ2) is 8.77. The van der Waals surface area contributed by atoms with E-state index in [9.17, 15) is 4.79 Å². The molecule has 0 aliphatic carbocycles. The van der Waals surface area contributed by atoms with E-state index in [1.165, 1.54) is 11.3 Å². The van der Waals surface area contributed by atoms with Crippen molar-refractivity contribution < 1.29 is 9.90 Å². The van der Waals surface area contributed by atoms with Gasteiger partial charge in [0.1, 0.15) is 0 Å². The smallest absolute Gasteiger partial charge is 0.315 e. The lowest BCUT2D eigenvalue weighted by molar-refractivity contribution is 0.223. The molecule has 2 rings (SSSR count). The number of aryl methyl sites for hydroxylation is 1. The second-order valence-electron chi connectivity index (χ2n) is 6.36. The van der Waals surface area contributed by atoms with Gasteiger partial charge in [0.05, 0.1) is 0 Å². The van der Waals surface area contributed by atoms with Crippen LogP contribution in [0, 0.1) is 6.92 Å². The normalized spacial score (nSPS) is 19.3. The van der Waals surface area contributed by atoms with Gasteiger partial charge in [-0.1, -0.05) is 24.6 Å². The number of carbonyl (C=O) groups excluding carboxylic acids is 1. The van der Waals surface area contributed by atoms with E-state index in [1.807, 2.05) is 6.92 Å². The number of nitrogens with zero attached hydrogens (tertiary/aromatic N) is 1. The molecule has 0 aromatic heterocycles. The van der Waals surface area contributed by atoms with Crippen molar-refractivity contribution in [3.05, 3.63) is 29.8 Å². The van der Waals surface area contributed by atoms with E-state index >= 15 is 0 Å². The number of aliphatic hydroxyl groups is 1. The van der Waals surface area contributed by atoms with Crippen LogP contribution in [0.2, 0.25) is 0 Å². The van der Waals surface area contributed by atoms with Gasteiger partial charge in [-0.25, -0.2) is 4.79 Å². The summed E-state index contributed by atoms with van der Waals surface area (Å²) < 4.78 is 0. The molecule has 3 N–H and O–H groups in total. The average molecular weight is 319 g/mol. The zero-order chi connectivity index (χ0) is 16.7. The molecule has 0 saturated carbocycles. The Kier molecular flexibility index (Phi) is 6.71. The number of benzene rings is 1. The number of carbonyl (C=O) groups is 1. The minimum Gasteiger partial charge on any atom is -0.396 e. The van der Waals surface area contributed by atoms with Gasteiger partial charge in [0.25, 0.3) is 0 Å². The quantitative estimate of drug-likeness (QED) is 0.754. The molecule has 2 atom stereocenters. The van der Waals surface area contributed by atoms with Crippen LogP contribution in [0.4, 0.5) is 10.5 Å². The Labute approximate surface area is 139 Å². The average Bonchev–Trinajstić information content (AvgIpc) is 2.55. The van der Waals surface area contributed by atoms with Gasteiger partial charge in [0.15, 0.2) is 0 Å². The van der Waals surface area contributed by atoms with E-state index in [1.54, 1.807) is 0 Å². The number of piperidine rings is 1. The lowest BCUT2D eigenvalue weighted by atomic mass is 10.0. The number of urea groups is 1. The van der Waals surface area contributed by atoms with Crippen LogP contribution in [0.5, 0.6) is 0 Å². The van der Waals surface area contributed by atoms with Crippen LogP contribution in [0.15, 0.2) is 24.3 Å². The lowest BCUT2D eigenvalue weighted by Crippen LogP contribution is -2.52. The van der Waals surface area contributed by atoms with E-state index in [4.69, 9.17) is 5.11 Å². The van der Waals surface area contributed by atoms with Crippen molar-refractivity contribution >= 4 is 11.7 Å². The molecule has 23 heavy (non-hydrogen) atoms. The van der Waals surface area contributed by atoms with Crippen LogP contribution in [0.3, 0.4) is 0 Å². The fourth-order valence-corrected chi connectivity index (χ4v) is 3.03. The molecule has 1 aromatic rings. The molecule has 128 valence electrons. The van der Waals surface area contributed by atoms with Crippen molar-refractivity contribution in [2.75, 3.05) is 24.6 Å². The van der Waals surface area contributed by atoms with Gasteiger partial charge in [0.2, 0.25) is 0 Å². The topological polar surface area (TPSA) is 64.6 Å². The zero-order valence-corrected chi connectivity index (χ0v) is 14.2. The summed E-state index contributed by atoms with van der Waals surface area (Å²) in [5, 5.41) is 15.0. The van der Waals surface area contributed by atoms with E-state index < -0.39 is 0 Å². The molecule has 2 unspecified atom stereocenters. The van der Waals surface area contributed by atoms with Crippen molar-refractivity contribution in [1.82, 2.24) is 10.6 Å². The summed E-state index contributed by atoms with van der Waals surface area (Å²) in [6, 6.07) is 8.62. The Morgan fingerprint density at radius 1 is 1.39 bits per heavy atom. The van der Waals surface area contributed by atoms with Crippen LogP contribution in [0.25, 0.3) is 0 Å². The standard InChI is InChI=1S/C18H29N3O2/c1-3-15(10-12-22)19-18(23)20-16-5-4-11-21(13-16)17-8-6-14(2)7-9-17/h6-9,15-16,22H,3-5,10-13H2,1-2H3,(H2,19,20,23). The molecular formula is C18H29N3O2. The summed E-state index contributed by atoms with van der Waals surface area (Å²) in [6.07, 6.45) is 3.51. The van der Waals surface area contributed by atoms with Gasteiger partial charge in [-0.3, -0.25) is 0 Å². The maximum Gasteiger partial charge on any atom is 0.315 e. The van der Waals surface area contributed by atoms with Crippen molar-refractivity contribution in [2.45, 2.75) is 51.6 Å². The van der Waals surface area contributed by atoms with E-state index in [0.717, 1.165) is 32.4 Å². The van der Waals surface area contributed by atoms with Crippen LogP contribution in [-0.2, 0) is 0 Å². The molecule has 0 spiro atoms. The Bertz CT molecular complexity index is 490. The minimum absolute atomic E-state index is 0.0387. The van der Waals surface area contributed by atoms with Gasteiger partial charge in [-0.15, -0.1) is 0 Å². The molecule has 1 aliphatic rings. The van der Waals surface area contributed by atoms with Crippen molar-refractivity contribution in [3.63, 3.8) is 0 Å². The first-order chi connectivity index (χ1) is 11.1. The predicted octanol–water partition coefficient (Wildman–Crippen LogP) is 2.42. The van der Waals surface area contributed by atoms with E-state index in [2.05, 4.69) is 46.7 Å². The van der Waals surface area contributed by atoms with Crippen molar-refractivity contribution in [2.24, 2.45) is 0 Å². The highest BCUT2D eigenvalue weighted by Crippen LogP contribution is 2.20. The van der Waals surface area contributed by atoms with Crippen molar-refractivity contribution in [3.8, 4) is 0 Å². The summed E-state index contributed by atoms with van der Waals surface area (Å²) in [5.74, 6) is 0. The summed E-state index contributed by atoms with van der Waals surface area (Å²) in [7, 11) is 0. The molecule has 1 aliphatic heterocycles. The fraction of sp³-hybridized carbons (Fsp3) is 0.611. The zero-order valence-electron chi connectivity index (χ0n) is 14.2. The third-order valence-corrected chi connectivity index (χ3v) is 4.46. The second-order valence-corrected chi connectivity index (χ2v) is 6.36. The van der Waals surface area contributed by atoms with Crippen LogP contribution in [-0.4, -0.2) is 42.9 Å². The van der Waals surface area contributed by atoms with Crippen molar-refractivity contribution in [1.29, 1.82) is 0 Å². The predicted molar refractivity (Wildman–Crippen MR) is 93.9 cm³/mol. The highest BCUT2D eigenvalue weighted by molar-refractivity contribution is 5.74. The van der Waals surface area contributed by atoms with E-state index in [-0.39, 0.29) is 24.7 Å². The first kappa shape index (κ1) is 17.6. The number of hydrogen-bond donors (Lipinski definition) is 3. The van der Waals surface area contributed by atoms with Crippen LogP contribution >= 0.6 is 0 Å². The monoisotopic (exact) mass is 319 g/mol. The first-order valence-electron chi connectivity index (χ1n) is 8.62. The molecule has 1 heterocycles. The molecular weight excluding hydrogens is 290 g/mol. The molecule has 1 fully saturated rings. The van der Waals surface area contributed by atoms with E-state index in [0.29, 0.717) is 6.42 Å². The number of rotatable bonds is 6. The fourth-order valence-electron chi connectivity index (χ4n) is 3.03. The number of aliphatic hydroxyl groups excluding tert-OH is 1. The molecule has 5 nitrogen and oxygen atoms in total. The Hall–Kier alpha value is -1.75. The number of anilines is 1. The molecule has 1 aromatic carbocycles. The number of nitrogens with one attached hydrogen (secondary N) is 2. The highest BCUT2D eigenvalue weighted by Gasteiger charge is 2.22. The highest BCUT2D eigenvalue weighted by atomic mass is 16.3. The summed E-state index contributed by atoms with van der Waals surface area (Å²) in [4.78, 5) is 14.5. The SMILES string of the molecule is CCC(CCO)NC(=O)NC1CCCN(c2ccc(C)cc2)C1. The third kappa shape index (κ3) is 5.43. The lowest BCUT2D eigenvalue weighted by Gasteiger charge is -2.35. The molecule has 2 amide bonds. The first-order valence-corrected chi connectivity index (χ1v) is 8.62. The minimum atomic E-state index is -0.124. The summed E-state index contributed by atoms with van der Waals surface area (Å²) >= 11 is 0. The van der Waals surface area contributed by atoms with Crippen LogP contribution in [0.1, 0.15) is 38.2 Å². The Morgan fingerprint density at radius 2 is 2.13 bits per heavy atom. The molecule has 0 radical (unpaired) electrons. The van der Waals surface area contributed by atoms with Gasteiger partial charge in [-0.2, -0.15) is 0 Å². The number of hydrogen-bond acceptors (Lipinski definition) is 3.